The third kappa shape index (κ3) is 6.45. The molecule has 6 heteroatoms. The molecule has 22 heavy (non-hydrogen) atoms. The summed E-state index contributed by atoms with van der Waals surface area (Å²) in [6, 6.07) is -0.635. The van der Waals surface area contributed by atoms with E-state index in [4.69, 9.17) is 9.47 Å². The maximum absolute atomic E-state index is 12.0. The Morgan fingerprint density at radius 1 is 1.23 bits per heavy atom. The third-order valence-corrected chi connectivity index (χ3v) is 3.66. The smallest absolute Gasteiger partial charge is 0.347 e. The van der Waals surface area contributed by atoms with Gasteiger partial charge < -0.3 is 14.8 Å². The molecule has 0 aromatic heterocycles. The third-order valence-electron chi connectivity index (χ3n) is 3.66. The van der Waals surface area contributed by atoms with Crippen LogP contribution in [0.5, 0.6) is 0 Å². The van der Waals surface area contributed by atoms with Crippen molar-refractivity contribution >= 4 is 17.8 Å². The molecule has 0 aromatic carbocycles. The lowest BCUT2D eigenvalue weighted by molar-refractivity contribution is -0.169. The summed E-state index contributed by atoms with van der Waals surface area (Å²) in [5.41, 5.74) is 0. The number of amides is 1. The zero-order valence-corrected chi connectivity index (χ0v) is 13.6. The molecule has 1 fully saturated rings. The van der Waals surface area contributed by atoms with Gasteiger partial charge in [0.25, 0.3) is 0 Å². The van der Waals surface area contributed by atoms with Gasteiger partial charge in [-0.25, -0.2) is 9.59 Å². The van der Waals surface area contributed by atoms with Crippen LogP contribution in [-0.2, 0) is 23.9 Å². The van der Waals surface area contributed by atoms with Crippen LogP contribution in [0.15, 0.2) is 0 Å². The standard InChI is InChI=1S/C16H27NO5/c1-3-5-6-7-8-9-13(16(20)21-4-2)22-15(19)12-10-11-14(18)17-12/h12-13H,3-11H2,1-2H3,(H,17,18)/t12-,13?/m0/s1. The predicted molar refractivity (Wildman–Crippen MR) is 81.1 cm³/mol. The number of carbonyl (C=O) groups is 3. The van der Waals surface area contributed by atoms with Gasteiger partial charge in [0.1, 0.15) is 6.04 Å². The molecule has 0 aliphatic carbocycles. The molecule has 126 valence electrons. The maximum atomic E-state index is 12.0. The molecule has 0 bridgehead atoms. The van der Waals surface area contributed by atoms with Gasteiger partial charge in [0.15, 0.2) is 6.10 Å². The van der Waals surface area contributed by atoms with Crippen LogP contribution in [0.25, 0.3) is 0 Å². The van der Waals surface area contributed by atoms with Gasteiger partial charge in [0.2, 0.25) is 5.91 Å². The molecule has 2 atom stereocenters. The van der Waals surface area contributed by atoms with E-state index in [0.29, 0.717) is 19.3 Å². The molecule has 1 heterocycles. The molecule has 1 unspecified atom stereocenters. The molecule has 1 amide bonds. The Morgan fingerprint density at radius 3 is 2.55 bits per heavy atom. The number of rotatable bonds is 10. The molecule has 6 nitrogen and oxygen atoms in total. The molecule has 0 saturated carbocycles. The van der Waals surface area contributed by atoms with Crippen molar-refractivity contribution in [3.8, 4) is 0 Å². The molecule has 1 rings (SSSR count). The number of unbranched alkanes of at least 4 members (excludes halogenated alkanes) is 4. The first-order valence-electron chi connectivity index (χ1n) is 8.25. The van der Waals surface area contributed by atoms with Crippen LogP contribution in [0.4, 0.5) is 0 Å². The highest BCUT2D eigenvalue weighted by Crippen LogP contribution is 2.14. The number of nitrogens with one attached hydrogen (secondary N) is 1. The zero-order valence-electron chi connectivity index (χ0n) is 13.6. The molecule has 1 aliphatic rings. The summed E-state index contributed by atoms with van der Waals surface area (Å²) in [4.78, 5) is 35.0. The minimum Gasteiger partial charge on any atom is -0.463 e. The van der Waals surface area contributed by atoms with Gasteiger partial charge in [0, 0.05) is 6.42 Å². The van der Waals surface area contributed by atoms with E-state index in [1.807, 2.05) is 0 Å². The summed E-state index contributed by atoms with van der Waals surface area (Å²) in [6.45, 7) is 4.11. The van der Waals surface area contributed by atoms with Gasteiger partial charge in [-0.2, -0.15) is 0 Å². The van der Waals surface area contributed by atoms with Crippen LogP contribution >= 0.6 is 0 Å². The topological polar surface area (TPSA) is 81.7 Å². The Balaban J connectivity index is 2.44. The summed E-state index contributed by atoms with van der Waals surface area (Å²) in [6.07, 6.45) is 5.58. The molecule has 1 saturated heterocycles. The fourth-order valence-corrected chi connectivity index (χ4v) is 2.41. The van der Waals surface area contributed by atoms with Crippen LogP contribution in [0.3, 0.4) is 0 Å². The van der Waals surface area contributed by atoms with E-state index in [1.165, 1.54) is 0 Å². The van der Waals surface area contributed by atoms with Crippen molar-refractivity contribution < 1.29 is 23.9 Å². The summed E-state index contributed by atoms with van der Waals surface area (Å²) < 4.78 is 10.2. The lowest BCUT2D eigenvalue weighted by Crippen LogP contribution is -2.39. The van der Waals surface area contributed by atoms with Crippen LogP contribution < -0.4 is 5.32 Å². The van der Waals surface area contributed by atoms with Crippen LogP contribution in [0, 0.1) is 0 Å². The van der Waals surface area contributed by atoms with Gasteiger partial charge in [-0.15, -0.1) is 0 Å². The molecule has 0 aromatic rings. The number of hydrogen-bond acceptors (Lipinski definition) is 5. The van der Waals surface area contributed by atoms with E-state index < -0.39 is 24.1 Å². The summed E-state index contributed by atoms with van der Waals surface area (Å²) in [5, 5.41) is 2.55. The van der Waals surface area contributed by atoms with Crippen molar-refractivity contribution in [3.05, 3.63) is 0 Å². The van der Waals surface area contributed by atoms with Crippen LogP contribution in [0.1, 0.15) is 65.2 Å². The summed E-state index contributed by atoms with van der Waals surface area (Å²) in [7, 11) is 0. The number of hydrogen-bond donors (Lipinski definition) is 1. The average molecular weight is 313 g/mol. The Bertz CT molecular complexity index is 383. The number of esters is 2. The van der Waals surface area contributed by atoms with E-state index in [9.17, 15) is 14.4 Å². The van der Waals surface area contributed by atoms with E-state index in [0.717, 1.165) is 32.1 Å². The molecule has 0 radical (unpaired) electrons. The Kier molecular flexibility index (Phi) is 8.55. The fraction of sp³-hybridized carbons (Fsp3) is 0.812. The summed E-state index contributed by atoms with van der Waals surface area (Å²) in [5.74, 6) is -1.21. The van der Waals surface area contributed by atoms with Crippen molar-refractivity contribution in [1.29, 1.82) is 0 Å². The summed E-state index contributed by atoms with van der Waals surface area (Å²) >= 11 is 0. The SMILES string of the molecule is CCCCCCCC(OC(=O)[C@@H]1CCC(=O)N1)C(=O)OCC. The van der Waals surface area contributed by atoms with Crippen molar-refractivity contribution in [3.63, 3.8) is 0 Å². The van der Waals surface area contributed by atoms with Crippen molar-refractivity contribution in [2.45, 2.75) is 77.4 Å². The normalized spacial score (nSPS) is 18.6. The largest absolute Gasteiger partial charge is 0.463 e. The fourth-order valence-electron chi connectivity index (χ4n) is 2.41. The molecular formula is C16H27NO5. The predicted octanol–water partition coefficient (Wildman–Crippen LogP) is 2.10. The Morgan fingerprint density at radius 2 is 1.95 bits per heavy atom. The molecule has 1 N–H and O–H groups in total. The maximum Gasteiger partial charge on any atom is 0.347 e. The highest BCUT2D eigenvalue weighted by Gasteiger charge is 2.32. The van der Waals surface area contributed by atoms with Gasteiger partial charge in [-0.05, 0) is 26.2 Å². The number of carbonyl (C=O) groups excluding carboxylic acids is 3. The van der Waals surface area contributed by atoms with Gasteiger partial charge >= 0.3 is 11.9 Å². The number of ether oxygens (including phenoxy) is 2. The Hall–Kier alpha value is -1.59. The second-order valence-corrected chi connectivity index (χ2v) is 5.54. The van der Waals surface area contributed by atoms with Gasteiger partial charge in [-0.1, -0.05) is 32.6 Å². The quantitative estimate of drug-likeness (QED) is 0.493. The Labute approximate surface area is 131 Å². The van der Waals surface area contributed by atoms with E-state index in [-0.39, 0.29) is 12.5 Å². The van der Waals surface area contributed by atoms with Crippen molar-refractivity contribution in [2.75, 3.05) is 6.61 Å². The lowest BCUT2D eigenvalue weighted by atomic mass is 10.1. The van der Waals surface area contributed by atoms with Crippen molar-refractivity contribution in [1.82, 2.24) is 5.32 Å². The second kappa shape index (κ2) is 10.2. The molecular weight excluding hydrogens is 286 g/mol. The second-order valence-electron chi connectivity index (χ2n) is 5.54. The minimum atomic E-state index is -0.869. The van der Waals surface area contributed by atoms with Gasteiger partial charge in [-0.3, -0.25) is 4.79 Å². The van der Waals surface area contributed by atoms with Gasteiger partial charge in [0.05, 0.1) is 6.61 Å². The van der Waals surface area contributed by atoms with E-state index in [1.54, 1.807) is 6.92 Å². The first kappa shape index (κ1) is 18.5. The van der Waals surface area contributed by atoms with E-state index in [2.05, 4.69) is 12.2 Å². The highest BCUT2D eigenvalue weighted by molar-refractivity contribution is 5.89. The first-order chi connectivity index (χ1) is 10.6. The molecule has 1 aliphatic heterocycles. The van der Waals surface area contributed by atoms with Crippen molar-refractivity contribution in [2.24, 2.45) is 0 Å². The average Bonchev–Trinajstić information content (AvgIpc) is 2.92. The first-order valence-corrected chi connectivity index (χ1v) is 8.25. The zero-order chi connectivity index (χ0) is 16.4. The lowest BCUT2D eigenvalue weighted by Gasteiger charge is -2.18. The highest BCUT2D eigenvalue weighted by atomic mass is 16.6. The molecule has 0 spiro atoms. The van der Waals surface area contributed by atoms with Crippen LogP contribution in [-0.4, -0.2) is 36.6 Å². The van der Waals surface area contributed by atoms with Crippen LogP contribution in [0.2, 0.25) is 0 Å². The van der Waals surface area contributed by atoms with E-state index >= 15 is 0 Å². The minimum absolute atomic E-state index is 0.158. The monoisotopic (exact) mass is 313 g/mol.